The van der Waals surface area contributed by atoms with Gasteiger partial charge >= 0.3 is 0 Å². The number of carbonyl (C=O) groups excluding carboxylic acids is 1. The van der Waals surface area contributed by atoms with Gasteiger partial charge in [-0.3, -0.25) is 4.79 Å². The van der Waals surface area contributed by atoms with Gasteiger partial charge in [0.1, 0.15) is 11.3 Å². The van der Waals surface area contributed by atoms with Crippen LogP contribution < -0.4 is 0 Å². The van der Waals surface area contributed by atoms with Crippen molar-refractivity contribution in [2.45, 2.75) is 25.9 Å². The molecule has 0 unspecified atom stereocenters. The molecule has 0 N–H and O–H groups in total. The van der Waals surface area contributed by atoms with Gasteiger partial charge in [0.05, 0.1) is 24.3 Å². The second kappa shape index (κ2) is 6.32. The molecule has 1 fully saturated rings. The summed E-state index contributed by atoms with van der Waals surface area (Å²) in [5.41, 5.74) is 1.40. The fourth-order valence-corrected chi connectivity index (χ4v) is 5.20. The van der Waals surface area contributed by atoms with Gasteiger partial charge in [0.25, 0.3) is 5.91 Å². The maximum atomic E-state index is 13.3. The van der Waals surface area contributed by atoms with Crippen LogP contribution in [0.15, 0.2) is 51.5 Å². The predicted octanol–water partition coefficient (Wildman–Crippen LogP) is 3.16. The first kappa shape index (κ1) is 16.9. The SMILES string of the molecule is Cc1c(C(=O)N(Cc2ccco2)[C@H]2CCS(=O)(=O)C2)oc2ccccc12. The van der Waals surface area contributed by atoms with Crippen molar-refractivity contribution in [3.8, 4) is 0 Å². The van der Waals surface area contributed by atoms with Crippen LogP contribution in [0.5, 0.6) is 0 Å². The van der Waals surface area contributed by atoms with Crippen LogP contribution in [0.3, 0.4) is 0 Å². The van der Waals surface area contributed by atoms with E-state index in [-0.39, 0.29) is 35.8 Å². The van der Waals surface area contributed by atoms with E-state index in [4.69, 9.17) is 8.83 Å². The Labute approximate surface area is 151 Å². The summed E-state index contributed by atoms with van der Waals surface area (Å²) < 4.78 is 35.0. The first-order valence-electron chi connectivity index (χ1n) is 8.46. The quantitative estimate of drug-likeness (QED) is 0.702. The first-order chi connectivity index (χ1) is 12.4. The Morgan fingerprint density at radius 3 is 2.69 bits per heavy atom. The fraction of sp³-hybridized carbons (Fsp3) is 0.316. The van der Waals surface area contributed by atoms with Crippen LogP contribution in [0, 0.1) is 6.92 Å². The third kappa shape index (κ3) is 3.03. The molecule has 0 radical (unpaired) electrons. The summed E-state index contributed by atoms with van der Waals surface area (Å²) in [6, 6.07) is 10.6. The maximum absolute atomic E-state index is 13.3. The van der Waals surface area contributed by atoms with Crippen LogP contribution in [-0.4, -0.2) is 36.8 Å². The lowest BCUT2D eigenvalue weighted by Gasteiger charge is -2.26. The number of fused-ring (bicyclic) bond motifs is 1. The number of sulfone groups is 1. The molecule has 3 aromatic rings. The fourth-order valence-electron chi connectivity index (χ4n) is 3.47. The molecule has 0 aliphatic carbocycles. The molecule has 0 bridgehead atoms. The standard InChI is InChI=1S/C19H19NO5S/c1-13-16-6-2-3-7-17(16)25-18(13)19(21)20(11-15-5-4-9-24-15)14-8-10-26(22,23)12-14/h2-7,9,14H,8,10-12H2,1H3/t14-/m0/s1. The predicted molar refractivity (Wildman–Crippen MR) is 96.6 cm³/mol. The van der Waals surface area contributed by atoms with Crippen LogP contribution in [0.4, 0.5) is 0 Å². The molecule has 2 aromatic heterocycles. The van der Waals surface area contributed by atoms with E-state index in [1.54, 1.807) is 17.0 Å². The van der Waals surface area contributed by atoms with Crippen molar-refractivity contribution in [1.82, 2.24) is 4.90 Å². The zero-order chi connectivity index (χ0) is 18.3. The maximum Gasteiger partial charge on any atom is 0.290 e. The summed E-state index contributed by atoms with van der Waals surface area (Å²) in [6.45, 7) is 2.05. The van der Waals surface area contributed by atoms with Gasteiger partial charge in [-0.2, -0.15) is 0 Å². The molecular weight excluding hydrogens is 354 g/mol. The van der Waals surface area contributed by atoms with E-state index in [0.717, 1.165) is 10.9 Å². The molecule has 0 saturated carbocycles. The summed E-state index contributed by atoms with van der Waals surface area (Å²) in [7, 11) is -3.12. The molecule has 1 saturated heterocycles. The van der Waals surface area contributed by atoms with Gasteiger partial charge in [-0.1, -0.05) is 18.2 Å². The third-order valence-electron chi connectivity index (χ3n) is 4.85. The Morgan fingerprint density at radius 1 is 1.23 bits per heavy atom. The third-order valence-corrected chi connectivity index (χ3v) is 6.60. The molecule has 6 nitrogen and oxygen atoms in total. The van der Waals surface area contributed by atoms with Crippen LogP contribution in [-0.2, 0) is 16.4 Å². The second-order valence-electron chi connectivity index (χ2n) is 6.62. The van der Waals surface area contributed by atoms with E-state index in [2.05, 4.69) is 0 Å². The molecular formula is C19H19NO5S. The number of nitrogens with zero attached hydrogens (tertiary/aromatic N) is 1. The van der Waals surface area contributed by atoms with E-state index in [1.165, 1.54) is 6.26 Å². The van der Waals surface area contributed by atoms with Crippen molar-refractivity contribution < 1.29 is 22.0 Å². The van der Waals surface area contributed by atoms with E-state index in [9.17, 15) is 13.2 Å². The molecule has 136 valence electrons. The van der Waals surface area contributed by atoms with Gasteiger partial charge < -0.3 is 13.7 Å². The molecule has 1 aliphatic rings. The average Bonchev–Trinajstić information content (AvgIpc) is 3.32. The normalized spacial score (nSPS) is 19.0. The van der Waals surface area contributed by atoms with Crippen LogP contribution >= 0.6 is 0 Å². The van der Waals surface area contributed by atoms with Crippen molar-refractivity contribution in [3.63, 3.8) is 0 Å². The Balaban J connectivity index is 1.72. The van der Waals surface area contributed by atoms with Crippen molar-refractivity contribution in [2.75, 3.05) is 11.5 Å². The van der Waals surface area contributed by atoms with Crippen LogP contribution in [0.2, 0.25) is 0 Å². The molecule has 3 heterocycles. The van der Waals surface area contributed by atoms with Crippen molar-refractivity contribution in [3.05, 3.63) is 59.7 Å². The summed E-state index contributed by atoms with van der Waals surface area (Å²) >= 11 is 0. The number of furan rings is 2. The summed E-state index contributed by atoms with van der Waals surface area (Å²) in [5.74, 6) is 0.618. The highest BCUT2D eigenvalue weighted by atomic mass is 32.2. The minimum atomic E-state index is -3.12. The Morgan fingerprint density at radius 2 is 2.04 bits per heavy atom. The monoisotopic (exact) mass is 373 g/mol. The van der Waals surface area contributed by atoms with Crippen molar-refractivity contribution in [1.29, 1.82) is 0 Å². The average molecular weight is 373 g/mol. The molecule has 26 heavy (non-hydrogen) atoms. The molecule has 0 spiro atoms. The zero-order valence-corrected chi connectivity index (χ0v) is 15.2. The van der Waals surface area contributed by atoms with Crippen molar-refractivity contribution >= 4 is 26.7 Å². The van der Waals surface area contributed by atoms with E-state index >= 15 is 0 Å². The summed E-state index contributed by atoms with van der Waals surface area (Å²) in [4.78, 5) is 14.8. The largest absolute Gasteiger partial charge is 0.467 e. The lowest BCUT2D eigenvalue weighted by molar-refractivity contribution is 0.0634. The zero-order valence-electron chi connectivity index (χ0n) is 14.3. The van der Waals surface area contributed by atoms with Gasteiger partial charge in [-0.05, 0) is 31.5 Å². The van der Waals surface area contributed by atoms with Gasteiger partial charge in [-0.15, -0.1) is 0 Å². The van der Waals surface area contributed by atoms with Crippen molar-refractivity contribution in [2.24, 2.45) is 0 Å². The first-order valence-corrected chi connectivity index (χ1v) is 10.3. The number of amides is 1. The molecule has 1 aliphatic heterocycles. The van der Waals surface area contributed by atoms with E-state index in [1.807, 2.05) is 31.2 Å². The smallest absolute Gasteiger partial charge is 0.290 e. The number of para-hydroxylation sites is 1. The summed E-state index contributed by atoms with van der Waals surface area (Å²) in [6.07, 6.45) is 1.96. The Kier molecular flexibility index (Phi) is 4.11. The molecule has 1 atom stereocenters. The number of rotatable bonds is 4. The van der Waals surface area contributed by atoms with E-state index < -0.39 is 9.84 Å². The highest BCUT2D eigenvalue weighted by Gasteiger charge is 2.37. The minimum absolute atomic E-state index is 0.0290. The van der Waals surface area contributed by atoms with Gasteiger partial charge in [0.2, 0.25) is 0 Å². The Bertz CT molecular complexity index is 1050. The van der Waals surface area contributed by atoms with Crippen LogP contribution in [0.25, 0.3) is 11.0 Å². The molecule has 1 amide bonds. The van der Waals surface area contributed by atoms with Gasteiger partial charge in [0, 0.05) is 17.0 Å². The minimum Gasteiger partial charge on any atom is -0.467 e. The second-order valence-corrected chi connectivity index (χ2v) is 8.85. The van der Waals surface area contributed by atoms with Gasteiger partial charge in [0.15, 0.2) is 15.6 Å². The number of benzene rings is 1. The molecule has 4 rings (SSSR count). The highest BCUT2D eigenvalue weighted by Crippen LogP contribution is 2.29. The number of hydrogen-bond acceptors (Lipinski definition) is 5. The topological polar surface area (TPSA) is 80.7 Å². The number of aryl methyl sites for hydroxylation is 1. The lowest BCUT2D eigenvalue weighted by atomic mass is 10.1. The summed E-state index contributed by atoms with van der Waals surface area (Å²) in [5, 5.41) is 0.882. The highest BCUT2D eigenvalue weighted by molar-refractivity contribution is 7.91. The van der Waals surface area contributed by atoms with E-state index in [0.29, 0.717) is 17.8 Å². The lowest BCUT2D eigenvalue weighted by Crippen LogP contribution is -2.40. The number of carbonyl (C=O) groups is 1. The molecule has 7 heteroatoms. The van der Waals surface area contributed by atoms with Crippen LogP contribution in [0.1, 0.15) is 28.3 Å². The molecule has 1 aromatic carbocycles. The number of hydrogen-bond donors (Lipinski definition) is 0. The Hall–Kier alpha value is -2.54. The van der Waals surface area contributed by atoms with Gasteiger partial charge in [-0.25, -0.2) is 8.42 Å².